The van der Waals surface area contributed by atoms with Crippen LogP contribution in [0.4, 0.5) is 11.4 Å². The van der Waals surface area contributed by atoms with Gasteiger partial charge in [0.2, 0.25) is 5.91 Å². The van der Waals surface area contributed by atoms with Crippen molar-refractivity contribution in [1.82, 2.24) is 0 Å². The lowest BCUT2D eigenvalue weighted by atomic mass is 10.1. The molecule has 0 spiro atoms. The molecule has 0 atom stereocenters. The summed E-state index contributed by atoms with van der Waals surface area (Å²) in [6, 6.07) is 8.64. The Bertz CT molecular complexity index is 414. The van der Waals surface area contributed by atoms with E-state index in [4.69, 9.17) is 0 Å². The number of rotatable bonds is 2. The maximum Gasteiger partial charge on any atom is 0.226 e. The molecule has 0 bridgehead atoms. The zero-order valence-electron chi connectivity index (χ0n) is 10.8. The minimum atomic E-state index is 0.209. The summed E-state index contributed by atoms with van der Waals surface area (Å²) in [5.41, 5.74) is 2.23. The average Bonchev–Trinajstić information content (AvgIpc) is 2.36. The number of fused-ring (bicyclic) bond motifs is 1. The van der Waals surface area contributed by atoms with Crippen LogP contribution in [0.1, 0.15) is 27.2 Å². The number of benzene rings is 1. The van der Waals surface area contributed by atoms with E-state index in [2.05, 4.69) is 24.8 Å². The largest absolute Gasteiger partial charge is 0.366 e. The van der Waals surface area contributed by atoms with Crippen LogP contribution < -0.4 is 9.80 Å². The van der Waals surface area contributed by atoms with Crippen LogP contribution in [-0.2, 0) is 4.79 Å². The van der Waals surface area contributed by atoms with Gasteiger partial charge in [-0.15, -0.1) is 0 Å². The van der Waals surface area contributed by atoms with Crippen LogP contribution in [0.5, 0.6) is 0 Å². The Hall–Kier alpha value is -1.51. The van der Waals surface area contributed by atoms with Gasteiger partial charge in [-0.05, 0) is 26.0 Å². The molecule has 1 aliphatic rings. The lowest BCUT2D eigenvalue weighted by Gasteiger charge is -2.40. The van der Waals surface area contributed by atoms with Gasteiger partial charge in [0.15, 0.2) is 0 Å². The van der Waals surface area contributed by atoms with E-state index >= 15 is 0 Å². The van der Waals surface area contributed by atoms with E-state index in [0.29, 0.717) is 12.5 Å². The molecule has 1 aliphatic heterocycles. The Morgan fingerprint density at radius 3 is 2.47 bits per heavy atom. The highest BCUT2D eigenvalue weighted by Crippen LogP contribution is 2.34. The number of carbonyl (C=O) groups is 1. The number of para-hydroxylation sites is 2. The van der Waals surface area contributed by atoms with Crippen LogP contribution >= 0.6 is 0 Å². The Balaban J connectivity index is 2.40. The quantitative estimate of drug-likeness (QED) is 0.782. The maximum atomic E-state index is 11.9. The predicted molar refractivity (Wildman–Crippen MR) is 71.6 cm³/mol. The first kappa shape index (κ1) is 12.0. The highest BCUT2D eigenvalue weighted by molar-refractivity contribution is 5.97. The normalized spacial score (nSPS) is 15.1. The first-order chi connectivity index (χ1) is 8.15. The molecule has 0 unspecified atom stereocenters. The molecule has 0 radical (unpaired) electrons. The van der Waals surface area contributed by atoms with Gasteiger partial charge in [-0.25, -0.2) is 0 Å². The molecular formula is C14H20N2O. The van der Waals surface area contributed by atoms with E-state index in [-0.39, 0.29) is 5.91 Å². The third-order valence-corrected chi connectivity index (χ3v) is 3.27. The molecule has 0 fully saturated rings. The molecule has 0 saturated carbocycles. The van der Waals surface area contributed by atoms with Gasteiger partial charge in [0.05, 0.1) is 11.4 Å². The standard InChI is InChI=1S/C14H20N2O/c1-4-14(17)16-10-9-15(11(2)3)12-7-5-6-8-13(12)16/h5-8,11H,4,9-10H2,1-3H3. The average molecular weight is 232 g/mol. The number of anilines is 2. The van der Waals surface area contributed by atoms with Crippen LogP contribution in [0.25, 0.3) is 0 Å². The van der Waals surface area contributed by atoms with Gasteiger partial charge in [-0.2, -0.15) is 0 Å². The summed E-state index contributed by atoms with van der Waals surface area (Å²) >= 11 is 0. The lowest BCUT2D eigenvalue weighted by Crippen LogP contribution is -2.46. The minimum absolute atomic E-state index is 0.209. The van der Waals surface area contributed by atoms with E-state index in [1.54, 1.807) is 0 Å². The summed E-state index contributed by atoms with van der Waals surface area (Å²) in [7, 11) is 0. The number of carbonyl (C=O) groups excluding carboxylic acids is 1. The zero-order valence-corrected chi connectivity index (χ0v) is 10.8. The topological polar surface area (TPSA) is 23.6 Å². The molecule has 17 heavy (non-hydrogen) atoms. The molecule has 92 valence electrons. The second-order valence-corrected chi connectivity index (χ2v) is 4.67. The van der Waals surface area contributed by atoms with Crippen molar-refractivity contribution in [2.45, 2.75) is 33.2 Å². The van der Waals surface area contributed by atoms with Gasteiger partial charge in [0.25, 0.3) is 0 Å². The Morgan fingerprint density at radius 2 is 1.88 bits per heavy atom. The third-order valence-electron chi connectivity index (χ3n) is 3.27. The van der Waals surface area contributed by atoms with E-state index in [1.165, 1.54) is 5.69 Å². The fourth-order valence-electron chi connectivity index (χ4n) is 2.37. The summed E-state index contributed by atoms with van der Waals surface area (Å²) in [6.07, 6.45) is 0.565. The van der Waals surface area contributed by atoms with Crippen molar-refractivity contribution in [3.63, 3.8) is 0 Å². The first-order valence-corrected chi connectivity index (χ1v) is 6.31. The molecule has 1 heterocycles. The number of amides is 1. The zero-order chi connectivity index (χ0) is 12.4. The van der Waals surface area contributed by atoms with E-state index < -0.39 is 0 Å². The van der Waals surface area contributed by atoms with E-state index in [0.717, 1.165) is 18.8 Å². The summed E-state index contributed by atoms with van der Waals surface area (Å²) in [5, 5.41) is 0. The second kappa shape index (κ2) is 4.78. The van der Waals surface area contributed by atoms with Crippen LogP contribution in [-0.4, -0.2) is 25.0 Å². The molecule has 1 amide bonds. The molecule has 0 aliphatic carbocycles. The molecule has 0 N–H and O–H groups in total. The van der Waals surface area contributed by atoms with Crippen molar-refractivity contribution < 1.29 is 4.79 Å². The van der Waals surface area contributed by atoms with Crippen molar-refractivity contribution in [2.24, 2.45) is 0 Å². The van der Waals surface area contributed by atoms with Gasteiger partial charge in [0, 0.05) is 25.6 Å². The lowest BCUT2D eigenvalue weighted by molar-refractivity contribution is -0.118. The second-order valence-electron chi connectivity index (χ2n) is 4.67. The van der Waals surface area contributed by atoms with E-state index in [9.17, 15) is 4.79 Å². The molecule has 1 aromatic rings. The van der Waals surface area contributed by atoms with Crippen molar-refractivity contribution >= 4 is 17.3 Å². The third kappa shape index (κ3) is 2.14. The summed E-state index contributed by atoms with van der Waals surface area (Å²) in [4.78, 5) is 16.2. The van der Waals surface area contributed by atoms with Crippen LogP contribution in [0.15, 0.2) is 24.3 Å². The number of hydrogen-bond donors (Lipinski definition) is 0. The molecule has 1 aromatic carbocycles. The van der Waals surface area contributed by atoms with Gasteiger partial charge < -0.3 is 9.80 Å². The van der Waals surface area contributed by atoms with Crippen molar-refractivity contribution in [3.05, 3.63) is 24.3 Å². The molecular weight excluding hydrogens is 212 g/mol. The summed E-state index contributed by atoms with van der Waals surface area (Å²) < 4.78 is 0. The minimum Gasteiger partial charge on any atom is -0.366 e. The van der Waals surface area contributed by atoms with Crippen LogP contribution in [0.2, 0.25) is 0 Å². The fraction of sp³-hybridized carbons (Fsp3) is 0.500. The number of hydrogen-bond acceptors (Lipinski definition) is 2. The smallest absolute Gasteiger partial charge is 0.226 e. The highest BCUT2D eigenvalue weighted by Gasteiger charge is 2.26. The molecule has 0 saturated heterocycles. The van der Waals surface area contributed by atoms with Crippen LogP contribution in [0.3, 0.4) is 0 Å². The molecule has 3 heteroatoms. The highest BCUT2D eigenvalue weighted by atomic mass is 16.2. The first-order valence-electron chi connectivity index (χ1n) is 6.31. The monoisotopic (exact) mass is 232 g/mol. The SMILES string of the molecule is CCC(=O)N1CCN(C(C)C)c2ccccc21. The van der Waals surface area contributed by atoms with Crippen molar-refractivity contribution in [1.29, 1.82) is 0 Å². The maximum absolute atomic E-state index is 11.9. The van der Waals surface area contributed by atoms with Crippen molar-refractivity contribution in [2.75, 3.05) is 22.9 Å². The molecule has 3 nitrogen and oxygen atoms in total. The van der Waals surface area contributed by atoms with Gasteiger partial charge in [0.1, 0.15) is 0 Å². The summed E-state index contributed by atoms with van der Waals surface area (Å²) in [5.74, 6) is 0.209. The molecule has 0 aromatic heterocycles. The fourth-order valence-corrected chi connectivity index (χ4v) is 2.37. The van der Waals surface area contributed by atoms with Gasteiger partial charge in [-0.1, -0.05) is 19.1 Å². The molecule has 2 rings (SSSR count). The van der Waals surface area contributed by atoms with Crippen LogP contribution in [0, 0.1) is 0 Å². The Labute approximate surface area is 103 Å². The van der Waals surface area contributed by atoms with Gasteiger partial charge >= 0.3 is 0 Å². The van der Waals surface area contributed by atoms with Crippen molar-refractivity contribution in [3.8, 4) is 0 Å². The Morgan fingerprint density at radius 1 is 1.24 bits per heavy atom. The Kier molecular flexibility index (Phi) is 3.36. The predicted octanol–water partition coefficient (Wildman–Crippen LogP) is 2.66. The van der Waals surface area contributed by atoms with E-state index in [1.807, 2.05) is 30.0 Å². The summed E-state index contributed by atoms with van der Waals surface area (Å²) in [6.45, 7) is 8.00. The van der Waals surface area contributed by atoms with Gasteiger partial charge in [-0.3, -0.25) is 4.79 Å². The number of nitrogens with zero attached hydrogens (tertiary/aromatic N) is 2.